The van der Waals surface area contributed by atoms with Gasteiger partial charge in [-0.3, -0.25) is 4.79 Å². The number of benzene rings is 2. The summed E-state index contributed by atoms with van der Waals surface area (Å²) in [6.45, 7) is 3.90. The minimum absolute atomic E-state index is 0.0486. The van der Waals surface area contributed by atoms with Crippen molar-refractivity contribution in [1.82, 2.24) is 0 Å². The zero-order valence-corrected chi connectivity index (χ0v) is 12.1. The van der Waals surface area contributed by atoms with Crippen LogP contribution in [0.3, 0.4) is 0 Å². The molecule has 0 fully saturated rings. The van der Waals surface area contributed by atoms with Crippen LogP contribution < -0.4 is 9.47 Å². The van der Waals surface area contributed by atoms with E-state index in [4.69, 9.17) is 9.47 Å². The summed E-state index contributed by atoms with van der Waals surface area (Å²) in [7, 11) is 0. The summed E-state index contributed by atoms with van der Waals surface area (Å²) >= 11 is 0. The van der Waals surface area contributed by atoms with Crippen LogP contribution in [0.2, 0.25) is 0 Å². The van der Waals surface area contributed by atoms with E-state index in [-0.39, 0.29) is 24.8 Å². The normalized spacial score (nSPS) is 10.2. The van der Waals surface area contributed by atoms with Gasteiger partial charge in [-0.05, 0) is 37.6 Å². The number of Topliss-reactive ketones (excluding diaryl/α,β-unsaturated/α-hetero) is 1. The molecule has 0 aliphatic rings. The van der Waals surface area contributed by atoms with Gasteiger partial charge in [0.05, 0.1) is 5.56 Å². The van der Waals surface area contributed by atoms with E-state index in [0.29, 0.717) is 17.1 Å². The highest BCUT2D eigenvalue weighted by Crippen LogP contribution is 2.20. The summed E-state index contributed by atoms with van der Waals surface area (Å²) in [4.78, 5) is 11.4. The van der Waals surface area contributed by atoms with Crippen molar-refractivity contribution in [2.45, 2.75) is 13.8 Å². The summed E-state index contributed by atoms with van der Waals surface area (Å²) < 4.78 is 24.2. The van der Waals surface area contributed by atoms with Gasteiger partial charge in [-0.2, -0.15) is 0 Å². The first kappa shape index (κ1) is 15.0. The molecule has 0 atom stereocenters. The number of carbonyl (C=O) groups is 1. The van der Waals surface area contributed by atoms with Crippen molar-refractivity contribution < 1.29 is 18.7 Å². The van der Waals surface area contributed by atoms with E-state index < -0.39 is 0 Å². The van der Waals surface area contributed by atoms with E-state index in [1.165, 1.54) is 19.1 Å². The van der Waals surface area contributed by atoms with E-state index in [1.54, 1.807) is 30.3 Å². The third-order valence-electron chi connectivity index (χ3n) is 3.02. The lowest BCUT2D eigenvalue weighted by Crippen LogP contribution is -2.11. The number of ketones is 1. The third-order valence-corrected chi connectivity index (χ3v) is 3.02. The first-order valence-corrected chi connectivity index (χ1v) is 6.69. The summed E-state index contributed by atoms with van der Waals surface area (Å²) in [6.07, 6.45) is 0. The van der Waals surface area contributed by atoms with Crippen molar-refractivity contribution in [1.29, 1.82) is 0 Å². The first-order chi connectivity index (χ1) is 10.1. The van der Waals surface area contributed by atoms with Gasteiger partial charge in [0, 0.05) is 6.07 Å². The predicted molar refractivity (Wildman–Crippen MR) is 78.6 cm³/mol. The number of aryl methyl sites for hydroxylation is 1. The van der Waals surface area contributed by atoms with E-state index in [2.05, 4.69) is 0 Å². The standard InChI is InChI=1S/C17H17FO3/c1-12-7-8-14(18)11-17(12)21-10-9-20-16-6-4-3-5-15(16)13(2)19/h3-8,11H,9-10H2,1-2H3. The van der Waals surface area contributed by atoms with Gasteiger partial charge in [0.25, 0.3) is 0 Å². The molecule has 21 heavy (non-hydrogen) atoms. The average molecular weight is 288 g/mol. The highest BCUT2D eigenvalue weighted by atomic mass is 19.1. The molecule has 0 aliphatic heterocycles. The molecule has 4 heteroatoms. The SMILES string of the molecule is CC(=O)c1ccccc1OCCOc1cc(F)ccc1C. The number of para-hydroxylation sites is 1. The molecule has 0 saturated carbocycles. The van der Waals surface area contributed by atoms with Crippen molar-refractivity contribution in [3.63, 3.8) is 0 Å². The van der Waals surface area contributed by atoms with Crippen LogP contribution in [-0.2, 0) is 0 Å². The maximum absolute atomic E-state index is 13.1. The second-order valence-electron chi connectivity index (χ2n) is 4.66. The van der Waals surface area contributed by atoms with Gasteiger partial charge in [0.2, 0.25) is 0 Å². The number of ether oxygens (including phenoxy) is 2. The Kier molecular flexibility index (Phi) is 4.93. The van der Waals surface area contributed by atoms with Gasteiger partial charge in [-0.1, -0.05) is 18.2 Å². The second kappa shape index (κ2) is 6.88. The van der Waals surface area contributed by atoms with Gasteiger partial charge in [-0.15, -0.1) is 0 Å². The summed E-state index contributed by atoms with van der Waals surface area (Å²) in [6, 6.07) is 11.5. The topological polar surface area (TPSA) is 35.5 Å². The number of halogens is 1. The average Bonchev–Trinajstić information content (AvgIpc) is 2.47. The molecule has 0 spiro atoms. The van der Waals surface area contributed by atoms with Crippen molar-refractivity contribution in [2.24, 2.45) is 0 Å². The van der Waals surface area contributed by atoms with Crippen LogP contribution in [0.15, 0.2) is 42.5 Å². The Labute approximate surface area is 123 Å². The van der Waals surface area contributed by atoms with Gasteiger partial charge >= 0.3 is 0 Å². The molecule has 0 bridgehead atoms. The highest BCUT2D eigenvalue weighted by Gasteiger charge is 2.07. The van der Waals surface area contributed by atoms with Crippen LogP contribution >= 0.6 is 0 Å². The smallest absolute Gasteiger partial charge is 0.163 e. The fourth-order valence-corrected chi connectivity index (χ4v) is 1.92. The fourth-order valence-electron chi connectivity index (χ4n) is 1.92. The molecule has 3 nitrogen and oxygen atoms in total. The molecule has 110 valence electrons. The maximum atomic E-state index is 13.1. The molecule has 0 aliphatic carbocycles. The van der Waals surface area contributed by atoms with E-state index in [1.807, 2.05) is 6.92 Å². The Bertz CT molecular complexity index is 638. The number of hydrogen-bond donors (Lipinski definition) is 0. The second-order valence-corrected chi connectivity index (χ2v) is 4.66. The molecule has 0 unspecified atom stereocenters. The maximum Gasteiger partial charge on any atom is 0.163 e. The number of carbonyl (C=O) groups excluding carboxylic acids is 1. The van der Waals surface area contributed by atoms with Gasteiger partial charge in [0.15, 0.2) is 5.78 Å². The zero-order valence-electron chi connectivity index (χ0n) is 12.1. The highest BCUT2D eigenvalue weighted by molar-refractivity contribution is 5.96. The molecule has 0 N–H and O–H groups in total. The van der Waals surface area contributed by atoms with Crippen molar-refractivity contribution in [3.05, 3.63) is 59.4 Å². The molecule has 2 aromatic carbocycles. The number of hydrogen-bond acceptors (Lipinski definition) is 3. The van der Waals surface area contributed by atoms with Gasteiger partial charge < -0.3 is 9.47 Å². The van der Waals surface area contributed by atoms with E-state index in [9.17, 15) is 9.18 Å². The molecule has 0 radical (unpaired) electrons. The van der Waals surface area contributed by atoms with Crippen LogP contribution in [0, 0.1) is 12.7 Å². The van der Waals surface area contributed by atoms with E-state index in [0.717, 1.165) is 5.56 Å². The Balaban J connectivity index is 1.91. The fraction of sp³-hybridized carbons (Fsp3) is 0.235. The Morgan fingerprint density at radius 1 is 1.05 bits per heavy atom. The van der Waals surface area contributed by atoms with Crippen LogP contribution in [-0.4, -0.2) is 19.0 Å². The quantitative estimate of drug-likeness (QED) is 0.599. The predicted octanol–water partition coefficient (Wildman–Crippen LogP) is 3.79. The lowest BCUT2D eigenvalue weighted by Gasteiger charge is -2.12. The zero-order chi connectivity index (χ0) is 15.2. The van der Waals surface area contributed by atoms with E-state index >= 15 is 0 Å². The summed E-state index contributed by atoms with van der Waals surface area (Å²) in [5.74, 6) is 0.647. The molecule has 2 rings (SSSR count). The lowest BCUT2D eigenvalue weighted by molar-refractivity contribution is 0.101. The first-order valence-electron chi connectivity index (χ1n) is 6.69. The van der Waals surface area contributed by atoms with Gasteiger partial charge in [-0.25, -0.2) is 4.39 Å². The monoisotopic (exact) mass is 288 g/mol. The molecule has 0 amide bonds. The molecule has 0 aromatic heterocycles. The summed E-state index contributed by atoms with van der Waals surface area (Å²) in [5.41, 5.74) is 1.40. The van der Waals surface area contributed by atoms with Gasteiger partial charge in [0.1, 0.15) is 30.5 Å². The largest absolute Gasteiger partial charge is 0.490 e. The van der Waals surface area contributed by atoms with Crippen LogP contribution in [0.1, 0.15) is 22.8 Å². The minimum atomic E-state index is -0.335. The Morgan fingerprint density at radius 3 is 2.43 bits per heavy atom. The molecular formula is C17H17FO3. The third kappa shape index (κ3) is 4.05. The number of rotatable bonds is 6. The van der Waals surface area contributed by atoms with Crippen LogP contribution in [0.4, 0.5) is 4.39 Å². The molecule has 2 aromatic rings. The Hall–Kier alpha value is -2.36. The Morgan fingerprint density at radius 2 is 1.71 bits per heavy atom. The minimum Gasteiger partial charge on any atom is -0.490 e. The van der Waals surface area contributed by atoms with Crippen LogP contribution in [0.25, 0.3) is 0 Å². The molecule has 0 heterocycles. The molecular weight excluding hydrogens is 271 g/mol. The lowest BCUT2D eigenvalue weighted by atomic mass is 10.1. The van der Waals surface area contributed by atoms with Crippen molar-refractivity contribution in [2.75, 3.05) is 13.2 Å². The van der Waals surface area contributed by atoms with Crippen molar-refractivity contribution in [3.8, 4) is 11.5 Å². The molecule has 0 saturated heterocycles. The summed E-state index contributed by atoms with van der Waals surface area (Å²) in [5, 5.41) is 0. The van der Waals surface area contributed by atoms with Crippen molar-refractivity contribution >= 4 is 5.78 Å². The van der Waals surface area contributed by atoms with Crippen LogP contribution in [0.5, 0.6) is 11.5 Å².